The number of aryl methyl sites for hydroxylation is 1. The predicted octanol–water partition coefficient (Wildman–Crippen LogP) is 6.56. The number of fused-ring (bicyclic) bond motifs is 1. The smallest absolute Gasteiger partial charge is 0.407 e. The molecule has 2 fully saturated rings. The minimum Gasteiger partial charge on any atom is -0.463 e. The number of esters is 5. The van der Waals surface area contributed by atoms with Gasteiger partial charge in [-0.2, -0.15) is 0 Å². The second-order valence-corrected chi connectivity index (χ2v) is 20.3. The Kier molecular flexibility index (Phi) is 18.1. The van der Waals surface area contributed by atoms with Crippen LogP contribution < -0.4 is 5.32 Å². The van der Waals surface area contributed by atoms with Crippen LogP contribution in [0.1, 0.15) is 67.8 Å². The standard InChI is InChI=1S/C50H47Cl3N2O17S/c1-26-19-21-32(22-20-26)73-48-37(54-49(63)66-25-50(51,52)53)41(71-46(62)31-15-9-6-10-16-31)39(36(70-48)24-65-45(61)30-13-7-5-8-14-30)72-47-38(55-43(59)33-17-11-12-18-34(33)44(55)60)42(68-29(4)58)40(67-28(3)57)35(69-47)23-64-27(2)56/h5-22,35-42,47-48H,23-25H2,1-4H3,(H,54,63)/t35-,36-,37-,38-,39-,40-,41-,42-,47+,48+/m1/s1. The minimum absolute atomic E-state index is 0.0264. The molecule has 23 heteroatoms. The van der Waals surface area contributed by atoms with Crippen molar-refractivity contribution in [2.45, 2.75) is 96.8 Å². The summed E-state index contributed by atoms with van der Waals surface area (Å²) in [5.74, 6) is -6.33. The Hall–Kier alpha value is -6.26. The van der Waals surface area contributed by atoms with Crippen molar-refractivity contribution >= 4 is 94.3 Å². The molecule has 73 heavy (non-hydrogen) atoms. The van der Waals surface area contributed by atoms with Crippen LogP contribution in [0.4, 0.5) is 4.79 Å². The normalized spacial score (nSPS) is 24.6. The third-order valence-electron chi connectivity index (χ3n) is 11.3. The lowest BCUT2D eigenvalue weighted by Gasteiger charge is -2.50. The first-order chi connectivity index (χ1) is 34.8. The van der Waals surface area contributed by atoms with Crippen LogP contribution in [0.25, 0.3) is 0 Å². The number of carbonyl (C=O) groups is 8. The van der Waals surface area contributed by atoms with E-state index in [1.165, 1.54) is 48.5 Å². The number of nitrogens with one attached hydrogen (secondary N) is 1. The molecule has 3 aliphatic heterocycles. The number of amides is 3. The van der Waals surface area contributed by atoms with Crippen LogP contribution in [0.3, 0.4) is 0 Å². The molecular weight excluding hydrogens is 1040 g/mol. The molecule has 1 N–H and O–H groups in total. The topological polar surface area (TPSA) is 235 Å². The summed E-state index contributed by atoms with van der Waals surface area (Å²) < 4.78 is 52.5. The lowest BCUT2D eigenvalue weighted by atomic mass is 9.93. The van der Waals surface area contributed by atoms with Gasteiger partial charge in [0.15, 0.2) is 24.6 Å². The molecule has 0 bridgehead atoms. The van der Waals surface area contributed by atoms with Crippen molar-refractivity contribution in [2.75, 3.05) is 19.8 Å². The highest BCUT2D eigenvalue weighted by Gasteiger charge is 2.60. The second kappa shape index (κ2) is 24.2. The molecule has 0 radical (unpaired) electrons. The second-order valence-electron chi connectivity index (χ2n) is 16.6. The van der Waals surface area contributed by atoms with E-state index in [1.54, 1.807) is 48.5 Å². The van der Waals surface area contributed by atoms with Crippen LogP contribution in [0.2, 0.25) is 0 Å². The first-order valence-corrected chi connectivity index (χ1v) is 24.4. The Morgan fingerprint density at radius 3 is 1.71 bits per heavy atom. The molecule has 3 heterocycles. The van der Waals surface area contributed by atoms with Crippen LogP contribution in [0, 0.1) is 6.92 Å². The summed E-state index contributed by atoms with van der Waals surface area (Å²) in [6.07, 6.45) is -13.4. The number of nitrogens with zero attached hydrogens (tertiary/aromatic N) is 1. The van der Waals surface area contributed by atoms with E-state index in [4.69, 9.17) is 77.4 Å². The largest absolute Gasteiger partial charge is 0.463 e. The maximum absolute atomic E-state index is 14.5. The average Bonchev–Trinajstić information content (AvgIpc) is 3.60. The van der Waals surface area contributed by atoms with Gasteiger partial charge in [-0.05, 0) is 55.5 Å². The third-order valence-corrected chi connectivity index (χ3v) is 12.8. The summed E-state index contributed by atoms with van der Waals surface area (Å²) in [4.78, 5) is 111. The zero-order valence-corrected chi connectivity index (χ0v) is 42.3. The number of thioether (sulfide) groups is 1. The van der Waals surface area contributed by atoms with Gasteiger partial charge in [-0.3, -0.25) is 28.9 Å². The van der Waals surface area contributed by atoms with Crippen LogP contribution in [-0.2, 0) is 57.0 Å². The molecular formula is C50H47Cl3N2O17S. The van der Waals surface area contributed by atoms with Gasteiger partial charge < -0.3 is 47.9 Å². The van der Waals surface area contributed by atoms with E-state index >= 15 is 0 Å². The molecule has 4 aromatic carbocycles. The monoisotopic (exact) mass is 1080 g/mol. The molecule has 386 valence electrons. The number of imide groups is 1. The minimum atomic E-state index is -2.07. The third kappa shape index (κ3) is 13.9. The molecule has 10 atom stereocenters. The first-order valence-electron chi connectivity index (χ1n) is 22.4. The number of hydrogen-bond donors (Lipinski definition) is 1. The molecule has 7 rings (SSSR count). The van der Waals surface area contributed by atoms with Gasteiger partial charge in [0.1, 0.15) is 55.7 Å². The molecule has 0 aromatic heterocycles. The molecule has 0 aliphatic carbocycles. The molecule has 3 aliphatic rings. The van der Waals surface area contributed by atoms with Gasteiger partial charge in [-0.15, -0.1) is 0 Å². The van der Waals surface area contributed by atoms with Gasteiger partial charge in [0.25, 0.3) is 11.8 Å². The number of halogens is 3. The Labute approximate surface area is 437 Å². The summed E-state index contributed by atoms with van der Waals surface area (Å²) in [5.41, 5.74) is -0.334. The molecule has 4 aromatic rings. The van der Waals surface area contributed by atoms with Crippen LogP contribution in [-0.4, -0.2) is 137 Å². The fourth-order valence-electron chi connectivity index (χ4n) is 8.16. The summed E-state index contributed by atoms with van der Waals surface area (Å²) in [6, 6.07) is 25.2. The van der Waals surface area contributed by atoms with Crippen molar-refractivity contribution in [3.8, 4) is 0 Å². The highest BCUT2D eigenvalue weighted by molar-refractivity contribution is 7.99. The van der Waals surface area contributed by atoms with Crippen molar-refractivity contribution in [1.29, 1.82) is 0 Å². The van der Waals surface area contributed by atoms with Gasteiger partial charge in [0.05, 0.1) is 22.3 Å². The highest BCUT2D eigenvalue weighted by atomic mass is 35.6. The maximum atomic E-state index is 14.5. The van der Waals surface area contributed by atoms with Crippen molar-refractivity contribution < 1.29 is 81.0 Å². The number of hydrogen-bond acceptors (Lipinski definition) is 18. The summed E-state index contributed by atoms with van der Waals surface area (Å²) in [7, 11) is 0. The van der Waals surface area contributed by atoms with Gasteiger partial charge in [0.2, 0.25) is 3.79 Å². The average molecular weight is 1090 g/mol. The number of benzene rings is 4. The molecule has 0 saturated carbocycles. The molecule has 3 amide bonds. The number of carbonyl (C=O) groups excluding carboxylic acids is 8. The van der Waals surface area contributed by atoms with Gasteiger partial charge >= 0.3 is 35.9 Å². The number of rotatable bonds is 16. The summed E-state index contributed by atoms with van der Waals surface area (Å²) in [5, 5.41) is 2.66. The maximum Gasteiger partial charge on any atom is 0.407 e. The highest BCUT2D eigenvalue weighted by Crippen LogP contribution is 2.41. The number of alkyl carbamates (subject to hydrolysis) is 1. The van der Waals surface area contributed by atoms with E-state index in [0.29, 0.717) is 9.80 Å². The fraction of sp³-hybridized carbons (Fsp3) is 0.360. The quantitative estimate of drug-likeness (QED) is 0.0541. The van der Waals surface area contributed by atoms with Crippen molar-refractivity contribution in [3.63, 3.8) is 0 Å². The zero-order valence-electron chi connectivity index (χ0n) is 39.2. The summed E-state index contributed by atoms with van der Waals surface area (Å²) in [6.45, 7) is 2.92. The lowest BCUT2D eigenvalue weighted by molar-refractivity contribution is -0.319. The van der Waals surface area contributed by atoms with Crippen molar-refractivity contribution in [1.82, 2.24) is 10.2 Å². The van der Waals surface area contributed by atoms with Gasteiger partial charge in [-0.1, -0.05) is 113 Å². The van der Waals surface area contributed by atoms with Crippen LogP contribution in [0.15, 0.2) is 114 Å². The fourth-order valence-corrected chi connectivity index (χ4v) is 9.45. The molecule has 0 unspecified atom stereocenters. The summed E-state index contributed by atoms with van der Waals surface area (Å²) >= 11 is 18.9. The number of alkyl halides is 3. The Morgan fingerprint density at radius 1 is 0.616 bits per heavy atom. The van der Waals surface area contributed by atoms with E-state index in [0.717, 1.165) is 38.1 Å². The van der Waals surface area contributed by atoms with Crippen molar-refractivity contribution in [2.24, 2.45) is 0 Å². The van der Waals surface area contributed by atoms with Gasteiger partial charge in [0, 0.05) is 25.7 Å². The lowest BCUT2D eigenvalue weighted by Crippen LogP contribution is -2.70. The first kappa shape index (κ1) is 54.5. The number of ether oxygens (including phenoxy) is 9. The van der Waals surface area contributed by atoms with E-state index < -0.39 is 132 Å². The Morgan fingerprint density at radius 2 is 1.15 bits per heavy atom. The molecule has 19 nitrogen and oxygen atoms in total. The van der Waals surface area contributed by atoms with Gasteiger partial charge in [-0.25, -0.2) is 14.4 Å². The van der Waals surface area contributed by atoms with Crippen molar-refractivity contribution in [3.05, 3.63) is 137 Å². The SMILES string of the molecule is CC(=O)OC[C@H]1O[C@@H](O[C@H]2[C@H](OC(=O)c3ccccc3)[C@@H](NC(=O)OCC(Cl)(Cl)Cl)[C@H](Sc3ccc(C)cc3)O[C@@H]2COC(=O)c2ccccc2)[C@H](N2C(=O)c3ccccc3C2=O)[C@@H](OC(C)=O)[C@@H]1OC(C)=O. The zero-order chi connectivity index (χ0) is 52.6. The molecule has 2 saturated heterocycles. The predicted molar refractivity (Wildman–Crippen MR) is 259 cm³/mol. The van der Waals surface area contributed by atoms with Crippen LogP contribution in [0.5, 0.6) is 0 Å². The van der Waals surface area contributed by atoms with E-state index in [1.807, 2.05) is 19.1 Å². The van der Waals surface area contributed by atoms with E-state index in [9.17, 15) is 38.4 Å². The van der Waals surface area contributed by atoms with E-state index in [2.05, 4.69) is 5.32 Å². The Bertz CT molecular complexity index is 2640. The van der Waals surface area contributed by atoms with E-state index in [-0.39, 0.29) is 22.3 Å². The Balaban J connectivity index is 1.42. The van der Waals surface area contributed by atoms with Crippen LogP contribution >= 0.6 is 46.6 Å². The molecule has 0 spiro atoms.